The van der Waals surface area contributed by atoms with Crippen LogP contribution in [0.3, 0.4) is 0 Å². The van der Waals surface area contributed by atoms with Crippen LogP contribution in [0.2, 0.25) is 0 Å². The molecule has 0 fully saturated rings. The predicted molar refractivity (Wildman–Crippen MR) is 40.8 cm³/mol. The van der Waals surface area contributed by atoms with E-state index in [4.69, 9.17) is 5.73 Å². The van der Waals surface area contributed by atoms with Gasteiger partial charge in [-0.1, -0.05) is 0 Å². The van der Waals surface area contributed by atoms with Crippen molar-refractivity contribution in [3.63, 3.8) is 0 Å². The molecular weight excluding hydrogens is 197 g/mol. The first-order valence-electron chi connectivity index (χ1n) is 2.79. The lowest BCUT2D eigenvalue weighted by molar-refractivity contribution is 0.620. The van der Waals surface area contributed by atoms with Crippen molar-refractivity contribution in [2.75, 3.05) is 0 Å². The lowest BCUT2D eigenvalue weighted by atomic mass is 10.2. The van der Waals surface area contributed by atoms with Gasteiger partial charge in [-0.3, -0.25) is 0 Å². The lowest BCUT2D eigenvalue weighted by Gasteiger charge is -1.96. The number of hydrogen-bond donors (Lipinski definition) is 1. The van der Waals surface area contributed by atoms with Crippen LogP contribution in [0.4, 0.5) is 4.39 Å². The van der Waals surface area contributed by atoms with Gasteiger partial charge in [0.25, 0.3) is 0 Å². The van der Waals surface area contributed by atoms with E-state index in [0.717, 1.165) is 5.56 Å². The normalized spacial score (nSPS) is 9.90. The topological polar surface area (TPSA) is 26.0 Å². The molecule has 0 amide bonds. The minimum Gasteiger partial charge on any atom is -0.326 e. The summed E-state index contributed by atoms with van der Waals surface area (Å²) in [6.07, 6.45) is 0. The van der Waals surface area contributed by atoms with Gasteiger partial charge in [-0.05, 0) is 39.7 Å². The maximum Gasteiger partial charge on any atom is 0.138 e. The van der Waals surface area contributed by atoms with Crippen molar-refractivity contribution in [3.8, 4) is 0 Å². The van der Waals surface area contributed by atoms with E-state index in [0.29, 0.717) is 11.0 Å². The van der Waals surface area contributed by atoms with Gasteiger partial charge in [0, 0.05) is 6.54 Å². The Morgan fingerprint density at radius 2 is 2.40 bits per heavy atom. The minimum atomic E-state index is -0.308. The van der Waals surface area contributed by atoms with E-state index >= 15 is 0 Å². The van der Waals surface area contributed by atoms with Gasteiger partial charge in [0.15, 0.2) is 0 Å². The molecule has 0 aliphatic carbocycles. The van der Waals surface area contributed by atoms with Crippen LogP contribution in [0, 0.1) is 11.9 Å². The second kappa shape index (κ2) is 3.12. The van der Waals surface area contributed by atoms with Gasteiger partial charge in [0.05, 0.1) is 4.47 Å². The van der Waals surface area contributed by atoms with Crippen LogP contribution in [0.15, 0.2) is 16.6 Å². The molecular formula is C7H6BrFN. The number of benzene rings is 1. The standard InChI is InChI=1S/C7H6BrFN/c8-6-3-5(4-10)1-2-7(6)9/h2-3H,4,10H2. The Bertz CT molecular complexity index is 237. The van der Waals surface area contributed by atoms with Gasteiger partial charge in [-0.25, -0.2) is 4.39 Å². The molecule has 0 saturated heterocycles. The lowest BCUT2D eigenvalue weighted by Crippen LogP contribution is -1.96. The molecule has 0 unspecified atom stereocenters. The zero-order valence-corrected chi connectivity index (χ0v) is 6.78. The Labute approximate surface area is 67.2 Å². The van der Waals surface area contributed by atoms with E-state index in [2.05, 4.69) is 22.0 Å². The number of rotatable bonds is 1. The van der Waals surface area contributed by atoms with E-state index < -0.39 is 0 Å². The van der Waals surface area contributed by atoms with Crippen LogP contribution >= 0.6 is 15.9 Å². The molecule has 0 aliphatic heterocycles. The Morgan fingerprint density at radius 1 is 1.70 bits per heavy atom. The van der Waals surface area contributed by atoms with Gasteiger partial charge >= 0.3 is 0 Å². The Hall–Kier alpha value is -0.410. The zero-order chi connectivity index (χ0) is 7.56. The Kier molecular flexibility index (Phi) is 2.40. The van der Waals surface area contributed by atoms with Gasteiger partial charge in [0.1, 0.15) is 5.82 Å². The highest BCUT2D eigenvalue weighted by molar-refractivity contribution is 9.10. The molecule has 2 N–H and O–H groups in total. The number of halogens is 2. The second-order valence-corrected chi connectivity index (χ2v) is 2.71. The molecule has 0 spiro atoms. The summed E-state index contributed by atoms with van der Waals surface area (Å²) in [5.41, 5.74) is 6.09. The van der Waals surface area contributed by atoms with Gasteiger partial charge in [0.2, 0.25) is 0 Å². The van der Waals surface area contributed by atoms with E-state index in [9.17, 15) is 4.39 Å². The SMILES string of the molecule is NCc1[c]cc(F)c(Br)c1. The molecule has 0 atom stereocenters. The molecule has 0 heterocycles. The largest absolute Gasteiger partial charge is 0.326 e. The number of hydrogen-bond acceptors (Lipinski definition) is 1. The van der Waals surface area contributed by atoms with E-state index in [1.54, 1.807) is 6.07 Å². The molecule has 1 rings (SSSR count). The molecule has 3 heteroatoms. The molecule has 0 aromatic heterocycles. The summed E-state index contributed by atoms with van der Waals surface area (Å²) in [5, 5.41) is 0. The van der Waals surface area contributed by atoms with Crippen molar-refractivity contribution in [2.24, 2.45) is 5.73 Å². The molecule has 53 valence electrons. The van der Waals surface area contributed by atoms with Crippen molar-refractivity contribution in [1.82, 2.24) is 0 Å². The highest BCUT2D eigenvalue weighted by Crippen LogP contribution is 2.15. The second-order valence-electron chi connectivity index (χ2n) is 1.86. The maximum atomic E-state index is 12.5. The van der Waals surface area contributed by atoms with Crippen LogP contribution in [0.5, 0.6) is 0 Å². The molecule has 10 heavy (non-hydrogen) atoms. The molecule has 0 bridgehead atoms. The average Bonchev–Trinajstić information content (AvgIpc) is 1.95. The minimum absolute atomic E-state index is 0.308. The molecule has 1 nitrogen and oxygen atoms in total. The summed E-state index contributed by atoms with van der Waals surface area (Å²) in [6, 6.07) is 5.59. The summed E-state index contributed by atoms with van der Waals surface area (Å²) in [4.78, 5) is 0. The van der Waals surface area contributed by atoms with Crippen molar-refractivity contribution in [2.45, 2.75) is 6.54 Å². The van der Waals surface area contributed by atoms with E-state index in [-0.39, 0.29) is 5.82 Å². The van der Waals surface area contributed by atoms with Crippen molar-refractivity contribution in [3.05, 3.63) is 34.1 Å². The van der Waals surface area contributed by atoms with E-state index in [1.807, 2.05) is 0 Å². The average molecular weight is 203 g/mol. The molecule has 1 aromatic carbocycles. The highest BCUT2D eigenvalue weighted by atomic mass is 79.9. The third kappa shape index (κ3) is 1.55. The van der Waals surface area contributed by atoms with Crippen LogP contribution in [-0.2, 0) is 6.54 Å². The summed E-state index contributed by atoms with van der Waals surface area (Å²) in [5.74, 6) is -0.308. The van der Waals surface area contributed by atoms with Crippen LogP contribution in [0.25, 0.3) is 0 Å². The van der Waals surface area contributed by atoms with Crippen LogP contribution in [-0.4, -0.2) is 0 Å². The fourth-order valence-corrected chi connectivity index (χ4v) is 0.997. The summed E-state index contributed by atoms with van der Waals surface area (Å²) < 4.78 is 13.0. The van der Waals surface area contributed by atoms with Crippen molar-refractivity contribution in [1.29, 1.82) is 0 Å². The third-order valence-electron chi connectivity index (χ3n) is 1.13. The maximum absolute atomic E-state index is 12.5. The van der Waals surface area contributed by atoms with E-state index in [1.165, 1.54) is 6.07 Å². The van der Waals surface area contributed by atoms with Crippen LogP contribution in [0.1, 0.15) is 5.56 Å². The molecule has 1 radical (unpaired) electrons. The molecule has 0 aliphatic rings. The first kappa shape index (κ1) is 7.69. The third-order valence-corrected chi connectivity index (χ3v) is 1.74. The first-order chi connectivity index (χ1) is 4.74. The summed E-state index contributed by atoms with van der Waals surface area (Å²) in [6.45, 7) is 0.388. The van der Waals surface area contributed by atoms with Gasteiger partial charge < -0.3 is 5.73 Å². The van der Waals surface area contributed by atoms with Gasteiger partial charge in [-0.15, -0.1) is 0 Å². The predicted octanol–water partition coefficient (Wildman–Crippen LogP) is 1.85. The molecule has 1 aromatic rings. The van der Waals surface area contributed by atoms with Crippen molar-refractivity contribution < 1.29 is 4.39 Å². The fraction of sp³-hybridized carbons (Fsp3) is 0.143. The fourth-order valence-electron chi connectivity index (χ4n) is 0.606. The Morgan fingerprint density at radius 3 is 2.90 bits per heavy atom. The van der Waals surface area contributed by atoms with Crippen LogP contribution < -0.4 is 5.73 Å². The highest BCUT2D eigenvalue weighted by Gasteiger charge is 1.97. The smallest absolute Gasteiger partial charge is 0.138 e. The molecule has 0 saturated carbocycles. The summed E-state index contributed by atoms with van der Waals surface area (Å²) >= 11 is 3.04. The first-order valence-corrected chi connectivity index (χ1v) is 3.59. The Balaban J connectivity index is 3.04. The monoisotopic (exact) mass is 202 g/mol. The zero-order valence-electron chi connectivity index (χ0n) is 5.20. The van der Waals surface area contributed by atoms with Gasteiger partial charge in [-0.2, -0.15) is 0 Å². The number of nitrogens with two attached hydrogens (primary N) is 1. The van der Waals surface area contributed by atoms with Crippen molar-refractivity contribution >= 4 is 15.9 Å². The quantitative estimate of drug-likeness (QED) is 0.740. The summed E-state index contributed by atoms with van der Waals surface area (Å²) in [7, 11) is 0.